The number of hydrogen-bond donors (Lipinski definition) is 0. The summed E-state index contributed by atoms with van der Waals surface area (Å²) in [6, 6.07) is 14.8. The molecule has 19 heavy (non-hydrogen) atoms. The molecule has 0 amide bonds. The quantitative estimate of drug-likeness (QED) is 0.642. The fraction of sp³-hybridized carbons (Fsp3) is 0.176. The molecule has 0 aliphatic rings. The van der Waals surface area contributed by atoms with Crippen molar-refractivity contribution < 1.29 is 4.74 Å². The lowest BCUT2D eigenvalue weighted by Crippen LogP contribution is -1.96. The Morgan fingerprint density at radius 2 is 1.89 bits per heavy atom. The summed E-state index contributed by atoms with van der Waals surface area (Å²) in [6.07, 6.45) is 0. The minimum Gasteiger partial charge on any atom is -0.489 e. The number of hydrogen-bond acceptors (Lipinski definition) is 2. The van der Waals surface area contributed by atoms with E-state index < -0.39 is 0 Å². The van der Waals surface area contributed by atoms with E-state index in [0.29, 0.717) is 6.61 Å². The summed E-state index contributed by atoms with van der Waals surface area (Å²) in [5.74, 6) is 0.973. The van der Waals surface area contributed by atoms with Crippen LogP contribution < -0.4 is 4.74 Å². The second-order valence-corrected chi connectivity index (χ2v) is 5.73. The molecule has 3 rings (SSSR count). The minimum absolute atomic E-state index is 0.633. The summed E-state index contributed by atoms with van der Waals surface area (Å²) in [5, 5.41) is 3.49. The van der Waals surface area contributed by atoms with Gasteiger partial charge in [-0.25, -0.2) is 0 Å². The molecule has 0 atom stereocenters. The summed E-state index contributed by atoms with van der Waals surface area (Å²) < 4.78 is 7.27. The van der Waals surface area contributed by atoms with Gasteiger partial charge in [-0.3, -0.25) is 0 Å². The predicted octanol–water partition coefficient (Wildman–Crippen LogP) is 5.10. The van der Waals surface area contributed by atoms with Crippen molar-refractivity contribution >= 4 is 21.4 Å². The van der Waals surface area contributed by atoms with E-state index in [4.69, 9.17) is 4.74 Å². The molecule has 1 aromatic heterocycles. The second-order valence-electron chi connectivity index (χ2n) is 4.81. The highest BCUT2D eigenvalue weighted by atomic mass is 32.1. The van der Waals surface area contributed by atoms with Gasteiger partial charge in [-0.15, -0.1) is 11.3 Å². The first-order valence-corrected chi connectivity index (χ1v) is 7.27. The Morgan fingerprint density at radius 3 is 2.74 bits per heavy atom. The summed E-state index contributed by atoms with van der Waals surface area (Å²) in [7, 11) is 0. The van der Waals surface area contributed by atoms with Crippen molar-refractivity contribution in [1.82, 2.24) is 0 Å². The van der Waals surface area contributed by atoms with Gasteiger partial charge in [0.15, 0.2) is 0 Å². The molecule has 0 unspecified atom stereocenters. The SMILES string of the molecule is Cc1ccc(OCc2csc3ccccc23)c(C)c1. The van der Waals surface area contributed by atoms with E-state index in [2.05, 4.69) is 61.7 Å². The van der Waals surface area contributed by atoms with Crippen LogP contribution in [0.1, 0.15) is 16.7 Å². The normalized spacial score (nSPS) is 10.8. The third-order valence-corrected chi connectivity index (χ3v) is 4.29. The molecule has 0 N–H and O–H groups in total. The zero-order valence-corrected chi connectivity index (χ0v) is 12.0. The highest BCUT2D eigenvalue weighted by Crippen LogP contribution is 2.27. The van der Waals surface area contributed by atoms with E-state index in [-0.39, 0.29) is 0 Å². The fourth-order valence-corrected chi connectivity index (χ4v) is 3.21. The van der Waals surface area contributed by atoms with E-state index in [9.17, 15) is 0 Å². The zero-order chi connectivity index (χ0) is 13.2. The Kier molecular flexibility index (Phi) is 3.26. The molecule has 3 aromatic rings. The van der Waals surface area contributed by atoms with Crippen molar-refractivity contribution in [3.63, 3.8) is 0 Å². The van der Waals surface area contributed by atoms with Crippen LogP contribution in [0.4, 0.5) is 0 Å². The smallest absolute Gasteiger partial charge is 0.122 e. The van der Waals surface area contributed by atoms with Crippen LogP contribution in [0.5, 0.6) is 5.75 Å². The lowest BCUT2D eigenvalue weighted by Gasteiger charge is -2.09. The third-order valence-electron chi connectivity index (χ3n) is 3.27. The van der Waals surface area contributed by atoms with Gasteiger partial charge in [-0.1, -0.05) is 35.9 Å². The number of aryl methyl sites for hydroxylation is 2. The maximum absolute atomic E-state index is 5.95. The van der Waals surface area contributed by atoms with Crippen molar-refractivity contribution in [2.45, 2.75) is 20.5 Å². The van der Waals surface area contributed by atoms with Gasteiger partial charge in [0.1, 0.15) is 12.4 Å². The largest absolute Gasteiger partial charge is 0.489 e. The van der Waals surface area contributed by atoms with Crippen LogP contribution in [0.3, 0.4) is 0 Å². The first-order chi connectivity index (χ1) is 9.24. The number of rotatable bonds is 3. The minimum atomic E-state index is 0.633. The lowest BCUT2D eigenvalue weighted by atomic mass is 10.1. The summed E-state index contributed by atoms with van der Waals surface area (Å²) in [5.41, 5.74) is 3.73. The number of fused-ring (bicyclic) bond motifs is 1. The Morgan fingerprint density at radius 1 is 1.05 bits per heavy atom. The van der Waals surface area contributed by atoms with Crippen LogP contribution in [0.2, 0.25) is 0 Å². The van der Waals surface area contributed by atoms with Gasteiger partial charge in [-0.2, -0.15) is 0 Å². The van der Waals surface area contributed by atoms with Gasteiger partial charge in [0.2, 0.25) is 0 Å². The Bertz CT molecular complexity index is 712. The first kappa shape index (κ1) is 12.2. The van der Waals surface area contributed by atoms with Crippen LogP contribution in [-0.4, -0.2) is 0 Å². The maximum Gasteiger partial charge on any atom is 0.122 e. The average Bonchev–Trinajstić information content (AvgIpc) is 2.81. The zero-order valence-electron chi connectivity index (χ0n) is 11.1. The van der Waals surface area contributed by atoms with Gasteiger partial charge < -0.3 is 4.74 Å². The van der Waals surface area contributed by atoms with Crippen LogP contribution >= 0.6 is 11.3 Å². The maximum atomic E-state index is 5.95. The van der Waals surface area contributed by atoms with Gasteiger partial charge in [-0.05, 0) is 42.3 Å². The number of ether oxygens (including phenoxy) is 1. The first-order valence-electron chi connectivity index (χ1n) is 6.39. The van der Waals surface area contributed by atoms with Crippen molar-refractivity contribution in [2.75, 3.05) is 0 Å². The molecule has 96 valence electrons. The van der Waals surface area contributed by atoms with Crippen molar-refractivity contribution in [1.29, 1.82) is 0 Å². The Hall–Kier alpha value is -1.80. The molecule has 1 heterocycles. The standard InChI is InChI=1S/C17H16OS/c1-12-7-8-16(13(2)9-12)18-10-14-11-19-17-6-4-3-5-15(14)17/h3-9,11H,10H2,1-2H3. The molecular weight excluding hydrogens is 252 g/mol. The van der Waals surface area contributed by atoms with E-state index >= 15 is 0 Å². The van der Waals surface area contributed by atoms with Crippen molar-refractivity contribution in [2.24, 2.45) is 0 Å². The molecule has 0 bridgehead atoms. The summed E-state index contributed by atoms with van der Waals surface area (Å²) in [4.78, 5) is 0. The molecule has 0 radical (unpaired) electrons. The van der Waals surface area contributed by atoms with Crippen LogP contribution in [0.25, 0.3) is 10.1 Å². The van der Waals surface area contributed by atoms with E-state index in [0.717, 1.165) is 5.75 Å². The molecule has 0 spiro atoms. The molecule has 2 aromatic carbocycles. The number of benzene rings is 2. The highest BCUT2D eigenvalue weighted by Gasteiger charge is 2.05. The van der Waals surface area contributed by atoms with Gasteiger partial charge in [0, 0.05) is 10.3 Å². The molecule has 2 heteroatoms. The molecular formula is C17H16OS. The molecule has 0 saturated heterocycles. The van der Waals surface area contributed by atoms with Gasteiger partial charge in [0.25, 0.3) is 0 Å². The predicted molar refractivity (Wildman–Crippen MR) is 82.1 cm³/mol. The summed E-state index contributed by atoms with van der Waals surface area (Å²) >= 11 is 1.78. The van der Waals surface area contributed by atoms with Gasteiger partial charge in [0.05, 0.1) is 0 Å². The van der Waals surface area contributed by atoms with Crippen LogP contribution in [0, 0.1) is 13.8 Å². The molecule has 0 fully saturated rings. The van der Waals surface area contributed by atoms with Gasteiger partial charge >= 0.3 is 0 Å². The molecule has 1 nitrogen and oxygen atoms in total. The lowest BCUT2D eigenvalue weighted by molar-refractivity contribution is 0.306. The average molecular weight is 268 g/mol. The monoisotopic (exact) mass is 268 g/mol. The number of thiophene rings is 1. The summed E-state index contributed by atoms with van der Waals surface area (Å²) in [6.45, 7) is 4.82. The highest BCUT2D eigenvalue weighted by molar-refractivity contribution is 7.17. The van der Waals surface area contributed by atoms with Crippen molar-refractivity contribution in [3.8, 4) is 5.75 Å². The van der Waals surface area contributed by atoms with E-state index in [1.165, 1.54) is 26.8 Å². The second kappa shape index (κ2) is 5.06. The van der Waals surface area contributed by atoms with Crippen molar-refractivity contribution in [3.05, 3.63) is 64.5 Å². The third kappa shape index (κ3) is 2.49. The van der Waals surface area contributed by atoms with E-state index in [1.807, 2.05) is 0 Å². The fourth-order valence-electron chi connectivity index (χ4n) is 2.26. The van der Waals surface area contributed by atoms with Crippen LogP contribution in [-0.2, 0) is 6.61 Å². The van der Waals surface area contributed by atoms with E-state index in [1.54, 1.807) is 11.3 Å². The van der Waals surface area contributed by atoms with Crippen LogP contribution in [0.15, 0.2) is 47.8 Å². The molecule has 0 saturated carbocycles. The molecule has 0 aliphatic carbocycles. The Balaban J connectivity index is 1.82. The molecule has 0 aliphatic heterocycles. The topological polar surface area (TPSA) is 9.23 Å². The Labute approximate surface area is 117 Å².